The summed E-state index contributed by atoms with van der Waals surface area (Å²) in [7, 11) is 0. The molecule has 0 bridgehead atoms. The van der Waals surface area contributed by atoms with E-state index in [2.05, 4.69) is 26.8 Å². The Labute approximate surface area is 155 Å². The fraction of sp³-hybridized carbons (Fsp3) is 0.364. The molecule has 0 unspecified atom stereocenters. The maximum absolute atomic E-state index is 11.9. The van der Waals surface area contributed by atoms with Crippen LogP contribution in [0.5, 0.6) is 11.5 Å². The summed E-state index contributed by atoms with van der Waals surface area (Å²) in [5.74, 6) is 1.43. The van der Waals surface area contributed by atoms with Crippen LogP contribution in [0.25, 0.3) is 0 Å². The molecule has 0 heterocycles. The summed E-state index contributed by atoms with van der Waals surface area (Å²) < 4.78 is 11.0. The van der Waals surface area contributed by atoms with Crippen molar-refractivity contribution in [3.63, 3.8) is 0 Å². The van der Waals surface area contributed by atoms with E-state index in [1.165, 1.54) is 18.1 Å². The Balaban J connectivity index is 1.74. The molecule has 0 amide bonds. The fourth-order valence-electron chi connectivity index (χ4n) is 2.73. The molecule has 0 radical (unpaired) electrons. The third-order valence-corrected chi connectivity index (χ3v) is 4.15. The van der Waals surface area contributed by atoms with E-state index >= 15 is 0 Å². The number of ether oxygens (including phenoxy) is 2. The number of carbonyl (C=O) groups excluding carboxylic acids is 2. The average Bonchev–Trinajstić information content (AvgIpc) is 2.59. The summed E-state index contributed by atoms with van der Waals surface area (Å²) in [4.78, 5) is 23.1. The summed E-state index contributed by atoms with van der Waals surface area (Å²) in [5, 5.41) is 0. The summed E-state index contributed by atoms with van der Waals surface area (Å²) >= 11 is 0. The number of rotatable bonds is 8. The van der Waals surface area contributed by atoms with Gasteiger partial charge in [0.05, 0.1) is 6.61 Å². The zero-order chi connectivity index (χ0) is 19.1. The number of esters is 1. The van der Waals surface area contributed by atoms with Crippen LogP contribution in [0, 0.1) is 6.92 Å². The Kier molecular flexibility index (Phi) is 6.96. The monoisotopic (exact) mass is 354 g/mol. The summed E-state index contributed by atoms with van der Waals surface area (Å²) in [6, 6.07) is 12.7. The van der Waals surface area contributed by atoms with Crippen molar-refractivity contribution < 1.29 is 19.1 Å². The summed E-state index contributed by atoms with van der Waals surface area (Å²) in [6.07, 6.45) is 0.854. The maximum Gasteiger partial charge on any atom is 0.311 e. The number of carbonyl (C=O) groups is 2. The third-order valence-electron chi connectivity index (χ3n) is 4.15. The molecule has 0 spiro atoms. The van der Waals surface area contributed by atoms with E-state index in [-0.39, 0.29) is 18.2 Å². The second kappa shape index (κ2) is 9.18. The molecule has 0 aromatic heterocycles. The lowest BCUT2D eigenvalue weighted by Gasteiger charge is -2.12. The molecule has 4 heteroatoms. The van der Waals surface area contributed by atoms with Crippen molar-refractivity contribution >= 4 is 11.8 Å². The summed E-state index contributed by atoms with van der Waals surface area (Å²) in [5.41, 5.74) is 3.12. The minimum atomic E-state index is -0.310. The van der Waals surface area contributed by atoms with E-state index < -0.39 is 0 Å². The zero-order valence-electron chi connectivity index (χ0n) is 15.9. The highest BCUT2D eigenvalue weighted by Crippen LogP contribution is 2.23. The van der Waals surface area contributed by atoms with Crippen LogP contribution < -0.4 is 9.47 Å². The van der Waals surface area contributed by atoms with Gasteiger partial charge >= 0.3 is 5.97 Å². The Morgan fingerprint density at radius 1 is 1.00 bits per heavy atom. The highest BCUT2D eigenvalue weighted by molar-refractivity contribution is 5.94. The zero-order valence-corrected chi connectivity index (χ0v) is 15.9. The minimum Gasteiger partial charge on any atom is -0.494 e. The van der Waals surface area contributed by atoms with Crippen LogP contribution in [0.4, 0.5) is 0 Å². The van der Waals surface area contributed by atoms with Gasteiger partial charge in [0.15, 0.2) is 5.78 Å². The molecule has 26 heavy (non-hydrogen) atoms. The standard InChI is InChI=1S/C22H26O4/c1-15(2)21-12-11-20(14-16(21)3)25-13-5-6-22(24)26-19-9-7-18(8-10-19)17(4)23/h7-12,14-15H,5-6,13H2,1-4H3. The van der Waals surface area contributed by atoms with Crippen molar-refractivity contribution in [2.24, 2.45) is 0 Å². The van der Waals surface area contributed by atoms with Crippen LogP contribution in [0.3, 0.4) is 0 Å². The van der Waals surface area contributed by atoms with Gasteiger partial charge in [-0.15, -0.1) is 0 Å². The molecule has 0 fully saturated rings. The van der Waals surface area contributed by atoms with Gasteiger partial charge in [-0.05, 0) is 73.7 Å². The molecule has 2 aromatic rings. The van der Waals surface area contributed by atoms with Gasteiger partial charge in [-0.1, -0.05) is 19.9 Å². The Morgan fingerprint density at radius 3 is 2.23 bits per heavy atom. The van der Waals surface area contributed by atoms with Gasteiger partial charge in [0, 0.05) is 12.0 Å². The molecule has 2 aromatic carbocycles. The first-order valence-electron chi connectivity index (χ1n) is 8.92. The molecule has 0 atom stereocenters. The molecule has 138 valence electrons. The number of ketones is 1. The van der Waals surface area contributed by atoms with Crippen molar-refractivity contribution in [3.8, 4) is 11.5 Å². The van der Waals surface area contributed by atoms with Gasteiger partial charge in [-0.25, -0.2) is 0 Å². The Hall–Kier alpha value is -2.62. The van der Waals surface area contributed by atoms with E-state index in [4.69, 9.17) is 9.47 Å². The molecular formula is C22H26O4. The first-order valence-corrected chi connectivity index (χ1v) is 8.92. The topological polar surface area (TPSA) is 52.6 Å². The van der Waals surface area contributed by atoms with E-state index in [1.807, 2.05) is 12.1 Å². The number of benzene rings is 2. The number of aryl methyl sites for hydroxylation is 1. The first kappa shape index (κ1) is 19.7. The van der Waals surface area contributed by atoms with Crippen molar-refractivity contribution in [3.05, 3.63) is 59.2 Å². The van der Waals surface area contributed by atoms with Crippen LogP contribution in [-0.4, -0.2) is 18.4 Å². The molecule has 0 aliphatic rings. The van der Waals surface area contributed by atoms with Crippen molar-refractivity contribution in [2.75, 3.05) is 6.61 Å². The normalized spacial score (nSPS) is 10.7. The molecular weight excluding hydrogens is 328 g/mol. The lowest BCUT2D eigenvalue weighted by molar-refractivity contribution is -0.134. The van der Waals surface area contributed by atoms with Gasteiger partial charge in [0.1, 0.15) is 11.5 Å². The highest BCUT2D eigenvalue weighted by Gasteiger charge is 2.07. The van der Waals surface area contributed by atoms with Crippen LogP contribution in [0.2, 0.25) is 0 Å². The van der Waals surface area contributed by atoms with Crippen molar-refractivity contribution in [2.45, 2.75) is 46.5 Å². The lowest BCUT2D eigenvalue weighted by Crippen LogP contribution is -2.10. The smallest absolute Gasteiger partial charge is 0.311 e. The maximum atomic E-state index is 11.9. The fourth-order valence-corrected chi connectivity index (χ4v) is 2.73. The second-order valence-corrected chi connectivity index (χ2v) is 6.68. The van der Waals surface area contributed by atoms with E-state index in [0.29, 0.717) is 30.3 Å². The SMILES string of the molecule is CC(=O)c1ccc(OC(=O)CCCOc2ccc(C(C)C)c(C)c2)cc1. The minimum absolute atomic E-state index is 0.0170. The number of hydrogen-bond acceptors (Lipinski definition) is 4. The van der Waals surface area contributed by atoms with Gasteiger partial charge in [-0.2, -0.15) is 0 Å². The highest BCUT2D eigenvalue weighted by atomic mass is 16.5. The molecule has 0 saturated carbocycles. The van der Waals surface area contributed by atoms with Gasteiger partial charge in [-0.3, -0.25) is 9.59 Å². The molecule has 0 aliphatic carbocycles. The lowest BCUT2D eigenvalue weighted by atomic mass is 9.98. The number of Topliss-reactive ketones (excluding diaryl/α,β-unsaturated/α-hetero) is 1. The van der Waals surface area contributed by atoms with Gasteiger partial charge < -0.3 is 9.47 Å². The molecule has 0 aliphatic heterocycles. The predicted octanol–water partition coefficient (Wildman–Crippen LogP) is 5.09. The van der Waals surface area contributed by atoms with E-state index in [1.54, 1.807) is 24.3 Å². The van der Waals surface area contributed by atoms with Crippen molar-refractivity contribution in [1.29, 1.82) is 0 Å². The Morgan fingerprint density at radius 2 is 1.65 bits per heavy atom. The molecule has 0 N–H and O–H groups in total. The molecule has 4 nitrogen and oxygen atoms in total. The van der Waals surface area contributed by atoms with Gasteiger partial charge in [0.25, 0.3) is 0 Å². The van der Waals surface area contributed by atoms with E-state index in [9.17, 15) is 9.59 Å². The third kappa shape index (κ3) is 5.73. The molecule has 2 rings (SSSR count). The van der Waals surface area contributed by atoms with E-state index in [0.717, 1.165) is 5.75 Å². The number of hydrogen-bond donors (Lipinski definition) is 0. The van der Waals surface area contributed by atoms with Crippen LogP contribution in [0.15, 0.2) is 42.5 Å². The summed E-state index contributed by atoms with van der Waals surface area (Å²) in [6.45, 7) is 8.37. The first-order chi connectivity index (χ1) is 12.4. The predicted molar refractivity (Wildman–Crippen MR) is 102 cm³/mol. The largest absolute Gasteiger partial charge is 0.494 e. The molecule has 0 saturated heterocycles. The average molecular weight is 354 g/mol. The van der Waals surface area contributed by atoms with Gasteiger partial charge in [0.2, 0.25) is 0 Å². The van der Waals surface area contributed by atoms with Crippen LogP contribution in [0.1, 0.15) is 61.0 Å². The van der Waals surface area contributed by atoms with Crippen LogP contribution >= 0.6 is 0 Å². The van der Waals surface area contributed by atoms with Crippen LogP contribution in [-0.2, 0) is 4.79 Å². The second-order valence-electron chi connectivity index (χ2n) is 6.68. The Bertz CT molecular complexity index is 760. The van der Waals surface area contributed by atoms with Crippen molar-refractivity contribution in [1.82, 2.24) is 0 Å². The quantitative estimate of drug-likeness (QED) is 0.287.